The number of alkyl carbamates (subject to hydrolysis) is 1. The molecule has 2 aromatic rings. The summed E-state index contributed by atoms with van der Waals surface area (Å²) >= 11 is 0. The Labute approximate surface area is 197 Å². The van der Waals surface area contributed by atoms with Gasteiger partial charge in [-0.05, 0) is 22.3 Å². The van der Waals surface area contributed by atoms with Crippen molar-refractivity contribution in [3.05, 3.63) is 59.7 Å². The molecule has 1 aliphatic carbocycles. The van der Waals surface area contributed by atoms with Crippen molar-refractivity contribution >= 4 is 23.9 Å². The van der Waals surface area contributed by atoms with E-state index in [1.54, 1.807) is 13.8 Å². The Morgan fingerprint density at radius 1 is 0.971 bits per heavy atom. The molecular formula is C25H27N3O6. The standard InChI is InChI=1S/C25H27N3O6/c1-25(2)14-28(22(25)23(31)32)21(30)12-26-20(29)11-27-24(33)34-13-19-17-9-5-3-7-15(17)16-8-4-6-10-18(16)19/h3-10,19,22H,11-14H2,1-2H3,(H,26,29)(H,27,33)(H,31,32). The molecule has 1 heterocycles. The fraction of sp³-hybridized carbons (Fsp3) is 0.360. The van der Waals surface area contributed by atoms with Crippen LogP contribution >= 0.6 is 0 Å². The fourth-order valence-electron chi connectivity index (χ4n) is 4.77. The second-order valence-corrected chi connectivity index (χ2v) is 9.21. The van der Waals surface area contributed by atoms with Crippen molar-refractivity contribution in [3.63, 3.8) is 0 Å². The first-order chi connectivity index (χ1) is 16.2. The van der Waals surface area contributed by atoms with Gasteiger partial charge < -0.3 is 25.4 Å². The molecule has 0 bridgehead atoms. The lowest BCUT2D eigenvalue weighted by molar-refractivity contribution is -0.171. The van der Waals surface area contributed by atoms with Crippen molar-refractivity contribution in [3.8, 4) is 11.1 Å². The number of rotatable bonds is 7. The average Bonchev–Trinajstić information content (AvgIpc) is 3.11. The largest absolute Gasteiger partial charge is 0.480 e. The first-order valence-electron chi connectivity index (χ1n) is 11.1. The van der Waals surface area contributed by atoms with Crippen LogP contribution in [0, 0.1) is 5.41 Å². The van der Waals surface area contributed by atoms with Crippen molar-refractivity contribution in [1.82, 2.24) is 15.5 Å². The summed E-state index contributed by atoms with van der Waals surface area (Å²) in [5.74, 6) is -2.23. The molecule has 1 aliphatic heterocycles. The van der Waals surface area contributed by atoms with Crippen LogP contribution in [0.4, 0.5) is 4.79 Å². The predicted octanol–water partition coefficient (Wildman–Crippen LogP) is 1.96. The molecule has 0 radical (unpaired) electrons. The van der Waals surface area contributed by atoms with Gasteiger partial charge in [-0.25, -0.2) is 9.59 Å². The normalized spacial score (nSPS) is 17.7. The van der Waals surface area contributed by atoms with Crippen LogP contribution in [0.15, 0.2) is 48.5 Å². The van der Waals surface area contributed by atoms with Crippen molar-refractivity contribution in [2.45, 2.75) is 25.8 Å². The lowest BCUT2D eigenvalue weighted by Crippen LogP contribution is -2.68. The number of likely N-dealkylation sites (tertiary alicyclic amines) is 1. The number of nitrogens with zero attached hydrogens (tertiary/aromatic N) is 1. The van der Waals surface area contributed by atoms with Gasteiger partial charge in [-0.1, -0.05) is 62.4 Å². The number of aliphatic carboxylic acids is 1. The highest BCUT2D eigenvalue weighted by Crippen LogP contribution is 2.44. The van der Waals surface area contributed by atoms with Gasteiger partial charge in [0.25, 0.3) is 0 Å². The smallest absolute Gasteiger partial charge is 0.407 e. The summed E-state index contributed by atoms with van der Waals surface area (Å²) in [6.45, 7) is 3.26. The van der Waals surface area contributed by atoms with Gasteiger partial charge in [0.2, 0.25) is 11.8 Å². The molecule has 34 heavy (non-hydrogen) atoms. The van der Waals surface area contributed by atoms with Gasteiger partial charge >= 0.3 is 12.1 Å². The first kappa shape index (κ1) is 23.3. The Morgan fingerprint density at radius 2 is 1.56 bits per heavy atom. The summed E-state index contributed by atoms with van der Waals surface area (Å²) in [6.07, 6.45) is -0.737. The van der Waals surface area contributed by atoms with Crippen LogP contribution in [0.25, 0.3) is 11.1 Å². The molecule has 0 saturated carbocycles. The summed E-state index contributed by atoms with van der Waals surface area (Å²) in [6, 6.07) is 15.0. The molecule has 4 rings (SSSR count). The maximum Gasteiger partial charge on any atom is 0.407 e. The van der Waals surface area contributed by atoms with E-state index in [9.17, 15) is 24.3 Å². The topological polar surface area (TPSA) is 125 Å². The number of ether oxygens (including phenoxy) is 1. The van der Waals surface area contributed by atoms with Gasteiger partial charge in [0.05, 0.1) is 6.54 Å². The summed E-state index contributed by atoms with van der Waals surface area (Å²) in [4.78, 5) is 49.1. The highest BCUT2D eigenvalue weighted by Gasteiger charge is 2.52. The predicted molar refractivity (Wildman–Crippen MR) is 123 cm³/mol. The molecule has 1 fully saturated rings. The molecule has 3 amide bonds. The number of carboxylic acids is 1. The Kier molecular flexibility index (Phi) is 6.28. The molecule has 1 unspecified atom stereocenters. The third-order valence-corrected chi connectivity index (χ3v) is 6.36. The van der Waals surface area contributed by atoms with Crippen LogP contribution in [0.1, 0.15) is 30.9 Å². The molecule has 2 aromatic carbocycles. The van der Waals surface area contributed by atoms with Crippen LogP contribution in [0.2, 0.25) is 0 Å². The van der Waals surface area contributed by atoms with Crippen molar-refractivity contribution in [2.24, 2.45) is 5.41 Å². The highest BCUT2D eigenvalue weighted by atomic mass is 16.5. The number of benzene rings is 2. The number of fused-ring (bicyclic) bond motifs is 3. The minimum absolute atomic E-state index is 0.0902. The van der Waals surface area contributed by atoms with Gasteiger partial charge in [-0.2, -0.15) is 0 Å². The van der Waals surface area contributed by atoms with E-state index in [1.807, 2.05) is 48.5 Å². The quantitative estimate of drug-likeness (QED) is 0.574. The average molecular weight is 466 g/mol. The van der Waals surface area contributed by atoms with Crippen LogP contribution in [0.3, 0.4) is 0 Å². The zero-order valence-corrected chi connectivity index (χ0v) is 19.0. The molecule has 3 N–H and O–H groups in total. The Morgan fingerprint density at radius 3 is 2.12 bits per heavy atom. The molecule has 0 aromatic heterocycles. The number of hydrogen-bond acceptors (Lipinski definition) is 5. The molecule has 0 spiro atoms. The Balaban J connectivity index is 1.23. The van der Waals surface area contributed by atoms with Crippen molar-refractivity contribution in [2.75, 3.05) is 26.2 Å². The van der Waals surface area contributed by atoms with Gasteiger partial charge in [0, 0.05) is 17.9 Å². The number of hydrogen-bond donors (Lipinski definition) is 3. The summed E-state index contributed by atoms with van der Waals surface area (Å²) in [5, 5.41) is 14.1. The molecule has 178 valence electrons. The first-order valence-corrected chi connectivity index (χ1v) is 11.1. The number of carbonyl (C=O) groups is 4. The maximum atomic E-state index is 12.3. The molecule has 1 atom stereocenters. The number of nitrogens with one attached hydrogen (secondary N) is 2. The third-order valence-electron chi connectivity index (χ3n) is 6.36. The van der Waals surface area contributed by atoms with Crippen LogP contribution in [-0.4, -0.2) is 66.2 Å². The fourth-order valence-corrected chi connectivity index (χ4v) is 4.77. The van der Waals surface area contributed by atoms with Gasteiger partial charge in [0.1, 0.15) is 19.2 Å². The van der Waals surface area contributed by atoms with Crippen LogP contribution in [-0.2, 0) is 19.1 Å². The SMILES string of the molecule is CC1(C)CN(C(=O)CNC(=O)CNC(=O)OCC2c3ccccc3-c3ccccc32)C1C(=O)O. The van der Waals surface area contributed by atoms with Crippen LogP contribution < -0.4 is 10.6 Å². The zero-order chi connectivity index (χ0) is 24.5. The lowest BCUT2D eigenvalue weighted by atomic mass is 9.75. The number of carboxylic acid groups (broad SMARTS) is 1. The molecule has 2 aliphatic rings. The maximum absolute atomic E-state index is 12.3. The molecule has 9 nitrogen and oxygen atoms in total. The second kappa shape index (κ2) is 9.17. The van der Waals surface area contributed by atoms with E-state index < -0.39 is 35.3 Å². The van der Waals surface area contributed by atoms with Crippen molar-refractivity contribution < 1.29 is 29.0 Å². The highest BCUT2D eigenvalue weighted by molar-refractivity contribution is 5.91. The number of amides is 3. The van der Waals surface area contributed by atoms with Gasteiger partial charge in [0.15, 0.2) is 0 Å². The minimum atomic E-state index is -1.08. The Bertz CT molecular complexity index is 1100. The molecule has 1 saturated heterocycles. The number of carbonyl (C=O) groups excluding carboxylic acids is 3. The summed E-state index contributed by atoms with van der Waals surface area (Å²) in [7, 11) is 0. The van der Waals surface area contributed by atoms with Crippen LogP contribution in [0.5, 0.6) is 0 Å². The molecule has 9 heteroatoms. The molecular weight excluding hydrogens is 438 g/mol. The van der Waals surface area contributed by atoms with E-state index in [0.717, 1.165) is 22.3 Å². The second-order valence-electron chi connectivity index (χ2n) is 9.21. The third kappa shape index (κ3) is 4.46. The van der Waals surface area contributed by atoms with Crippen molar-refractivity contribution in [1.29, 1.82) is 0 Å². The van der Waals surface area contributed by atoms with E-state index >= 15 is 0 Å². The summed E-state index contributed by atoms with van der Waals surface area (Å²) in [5.41, 5.74) is 3.89. The minimum Gasteiger partial charge on any atom is -0.480 e. The van der Waals surface area contributed by atoms with Gasteiger partial charge in [-0.3, -0.25) is 9.59 Å². The monoisotopic (exact) mass is 465 g/mol. The van der Waals surface area contributed by atoms with E-state index in [1.165, 1.54) is 4.90 Å². The van der Waals surface area contributed by atoms with E-state index in [-0.39, 0.29) is 25.6 Å². The van der Waals surface area contributed by atoms with Gasteiger partial charge in [-0.15, -0.1) is 0 Å². The van der Waals surface area contributed by atoms with E-state index in [0.29, 0.717) is 6.54 Å². The Hall–Kier alpha value is -3.88. The zero-order valence-electron chi connectivity index (χ0n) is 19.0. The van der Waals surface area contributed by atoms with E-state index in [4.69, 9.17) is 4.74 Å². The summed E-state index contributed by atoms with van der Waals surface area (Å²) < 4.78 is 5.37. The van der Waals surface area contributed by atoms with E-state index in [2.05, 4.69) is 10.6 Å². The lowest BCUT2D eigenvalue weighted by Gasteiger charge is -2.51.